The van der Waals surface area contributed by atoms with E-state index < -0.39 is 10.0 Å². The number of aryl methyl sites for hydroxylation is 3. The molecule has 0 saturated carbocycles. The van der Waals surface area contributed by atoms with E-state index in [1.165, 1.54) is 4.31 Å². The Bertz CT molecular complexity index is 982. The van der Waals surface area contributed by atoms with Gasteiger partial charge in [0.25, 0.3) is 0 Å². The maximum atomic E-state index is 13.0. The van der Waals surface area contributed by atoms with Gasteiger partial charge < -0.3 is 14.0 Å². The van der Waals surface area contributed by atoms with Gasteiger partial charge in [0.15, 0.2) is 5.76 Å². The average Bonchev–Trinajstić information content (AvgIpc) is 3.23. The van der Waals surface area contributed by atoms with E-state index in [9.17, 15) is 13.2 Å². The SMILES string of the molecule is Cc1noc(C)c1S(=O)(=O)N1CCN(C(=O)C2CCn3c(cnc3C)C2)CC1. The molecule has 0 N–H and O–H groups in total. The van der Waals surface area contributed by atoms with E-state index >= 15 is 0 Å². The zero-order valence-electron chi connectivity index (χ0n) is 16.4. The normalized spacial score (nSPS) is 21.0. The Morgan fingerprint density at radius 1 is 1.14 bits per heavy atom. The molecule has 2 aromatic rings. The van der Waals surface area contributed by atoms with E-state index in [1.807, 2.05) is 13.1 Å². The molecule has 2 aliphatic heterocycles. The second-order valence-corrected chi connectivity index (χ2v) is 9.40. The molecule has 1 amide bonds. The average molecular weight is 407 g/mol. The summed E-state index contributed by atoms with van der Waals surface area (Å²) in [5, 5.41) is 3.75. The first-order chi connectivity index (χ1) is 13.3. The third-order valence-corrected chi connectivity index (χ3v) is 7.90. The number of imidazole rings is 1. The van der Waals surface area contributed by atoms with Crippen LogP contribution < -0.4 is 0 Å². The molecule has 0 bridgehead atoms. The lowest BCUT2D eigenvalue weighted by Gasteiger charge is -2.36. The fraction of sp³-hybridized carbons (Fsp3) is 0.611. The number of amides is 1. The van der Waals surface area contributed by atoms with Crippen molar-refractivity contribution in [3.8, 4) is 0 Å². The maximum Gasteiger partial charge on any atom is 0.248 e. The number of piperazine rings is 1. The largest absolute Gasteiger partial charge is 0.360 e. The summed E-state index contributed by atoms with van der Waals surface area (Å²) < 4.78 is 34.4. The van der Waals surface area contributed by atoms with Crippen LogP contribution in [0.4, 0.5) is 0 Å². The summed E-state index contributed by atoms with van der Waals surface area (Å²) in [6, 6.07) is 0. The van der Waals surface area contributed by atoms with Gasteiger partial charge in [0.2, 0.25) is 15.9 Å². The predicted octanol–water partition coefficient (Wildman–Crippen LogP) is 0.892. The Morgan fingerprint density at radius 2 is 1.86 bits per heavy atom. The second-order valence-electron chi connectivity index (χ2n) is 7.52. The molecule has 152 valence electrons. The standard InChI is InChI=1S/C18H25N5O4S/c1-12-17(13(2)27-20-12)28(25,26)22-8-6-21(7-9-22)18(24)15-4-5-23-14(3)19-11-16(23)10-15/h11,15H,4-10H2,1-3H3. The third-order valence-electron chi connectivity index (χ3n) is 5.76. The van der Waals surface area contributed by atoms with E-state index in [0.29, 0.717) is 31.0 Å². The summed E-state index contributed by atoms with van der Waals surface area (Å²) in [6.45, 7) is 7.36. The fourth-order valence-corrected chi connectivity index (χ4v) is 5.93. The Balaban J connectivity index is 1.41. The maximum absolute atomic E-state index is 13.0. The molecule has 4 rings (SSSR count). The van der Waals surface area contributed by atoms with E-state index in [1.54, 1.807) is 18.7 Å². The van der Waals surface area contributed by atoms with Gasteiger partial charge in [-0.2, -0.15) is 4.31 Å². The highest BCUT2D eigenvalue weighted by Gasteiger charge is 2.36. The topological polar surface area (TPSA) is 102 Å². The lowest BCUT2D eigenvalue weighted by Crippen LogP contribution is -2.52. The van der Waals surface area contributed by atoms with E-state index in [0.717, 1.165) is 24.5 Å². The quantitative estimate of drug-likeness (QED) is 0.749. The molecule has 1 fully saturated rings. The highest BCUT2D eigenvalue weighted by Crippen LogP contribution is 2.26. The number of aromatic nitrogens is 3. The molecule has 9 nitrogen and oxygen atoms in total. The molecule has 4 heterocycles. The molecular formula is C18H25N5O4S. The smallest absolute Gasteiger partial charge is 0.248 e. The molecule has 1 saturated heterocycles. The van der Waals surface area contributed by atoms with Gasteiger partial charge >= 0.3 is 0 Å². The number of sulfonamides is 1. The van der Waals surface area contributed by atoms with E-state index in [2.05, 4.69) is 14.7 Å². The molecule has 2 aromatic heterocycles. The van der Waals surface area contributed by atoms with Crippen molar-refractivity contribution in [1.82, 2.24) is 23.9 Å². The van der Waals surface area contributed by atoms with Gasteiger partial charge in [-0.25, -0.2) is 13.4 Å². The van der Waals surface area contributed by atoms with Crippen molar-refractivity contribution in [2.45, 2.75) is 45.1 Å². The molecule has 0 spiro atoms. The zero-order valence-corrected chi connectivity index (χ0v) is 17.2. The zero-order chi connectivity index (χ0) is 20.1. The first kappa shape index (κ1) is 19.1. The molecule has 0 radical (unpaired) electrons. The highest BCUT2D eigenvalue weighted by atomic mass is 32.2. The van der Waals surface area contributed by atoms with Crippen molar-refractivity contribution >= 4 is 15.9 Å². The number of nitrogens with zero attached hydrogens (tertiary/aromatic N) is 5. The van der Waals surface area contributed by atoms with Crippen LogP contribution in [0.25, 0.3) is 0 Å². The molecule has 1 atom stereocenters. The monoisotopic (exact) mass is 407 g/mol. The molecule has 0 aliphatic carbocycles. The Hall–Kier alpha value is -2.20. The Morgan fingerprint density at radius 3 is 2.50 bits per heavy atom. The molecule has 1 unspecified atom stereocenters. The van der Waals surface area contributed by atoms with Crippen LogP contribution in [-0.2, 0) is 27.8 Å². The van der Waals surface area contributed by atoms with Crippen molar-refractivity contribution in [1.29, 1.82) is 0 Å². The van der Waals surface area contributed by atoms with Crippen molar-refractivity contribution in [3.63, 3.8) is 0 Å². The van der Waals surface area contributed by atoms with Gasteiger partial charge in [-0.1, -0.05) is 5.16 Å². The van der Waals surface area contributed by atoms with Crippen LogP contribution in [0, 0.1) is 26.7 Å². The van der Waals surface area contributed by atoms with Crippen LogP contribution >= 0.6 is 0 Å². The number of carbonyl (C=O) groups excluding carboxylic acids is 1. The Kier molecular flexibility index (Phi) is 4.78. The van der Waals surface area contributed by atoms with Crippen molar-refractivity contribution < 1.29 is 17.7 Å². The summed E-state index contributed by atoms with van der Waals surface area (Å²) in [4.78, 5) is 19.2. The molecular weight excluding hydrogens is 382 g/mol. The van der Waals surface area contributed by atoms with Gasteiger partial charge in [-0.3, -0.25) is 4.79 Å². The van der Waals surface area contributed by atoms with Gasteiger partial charge in [-0.15, -0.1) is 0 Å². The number of hydrogen-bond acceptors (Lipinski definition) is 6. The molecule has 28 heavy (non-hydrogen) atoms. The second kappa shape index (κ2) is 7.00. The van der Waals surface area contributed by atoms with Crippen molar-refractivity contribution in [2.24, 2.45) is 5.92 Å². The van der Waals surface area contributed by atoms with Crippen LogP contribution in [0.5, 0.6) is 0 Å². The lowest BCUT2D eigenvalue weighted by atomic mass is 9.94. The van der Waals surface area contributed by atoms with Crippen LogP contribution in [0.3, 0.4) is 0 Å². The van der Waals surface area contributed by atoms with Crippen LogP contribution in [0.15, 0.2) is 15.6 Å². The van der Waals surface area contributed by atoms with E-state index in [4.69, 9.17) is 4.52 Å². The van der Waals surface area contributed by atoms with Crippen molar-refractivity contribution in [3.05, 3.63) is 29.2 Å². The minimum absolute atomic E-state index is 0.0608. The summed E-state index contributed by atoms with van der Waals surface area (Å²) >= 11 is 0. The number of rotatable bonds is 3. The minimum Gasteiger partial charge on any atom is -0.360 e. The summed E-state index contributed by atoms with van der Waals surface area (Å²) in [5.41, 5.74) is 1.46. The number of hydrogen-bond donors (Lipinski definition) is 0. The predicted molar refractivity (Wildman–Crippen MR) is 100 cm³/mol. The Labute approximate surface area is 164 Å². The van der Waals surface area contributed by atoms with Crippen LogP contribution in [0.2, 0.25) is 0 Å². The summed E-state index contributed by atoms with van der Waals surface area (Å²) in [5.74, 6) is 1.33. The van der Waals surface area contributed by atoms with Gasteiger partial charge in [0.1, 0.15) is 16.4 Å². The fourth-order valence-electron chi connectivity index (χ4n) is 4.21. The van der Waals surface area contributed by atoms with Crippen LogP contribution in [-0.4, -0.2) is 64.4 Å². The lowest BCUT2D eigenvalue weighted by molar-refractivity contribution is -0.137. The summed E-state index contributed by atoms with van der Waals surface area (Å²) in [6.07, 6.45) is 3.33. The van der Waals surface area contributed by atoms with E-state index in [-0.39, 0.29) is 29.8 Å². The van der Waals surface area contributed by atoms with Crippen LogP contribution in [0.1, 0.15) is 29.4 Å². The van der Waals surface area contributed by atoms with Gasteiger partial charge in [0.05, 0.1) is 0 Å². The van der Waals surface area contributed by atoms with Gasteiger partial charge in [-0.05, 0) is 27.2 Å². The minimum atomic E-state index is -3.66. The third kappa shape index (κ3) is 3.14. The number of carbonyl (C=O) groups is 1. The molecule has 0 aromatic carbocycles. The highest BCUT2D eigenvalue weighted by molar-refractivity contribution is 7.89. The van der Waals surface area contributed by atoms with Gasteiger partial charge in [0, 0.05) is 57.0 Å². The number of fused-ring (bicyclic) bond motifs is 1. The first-order valence-electron chi connectivity index (χ1n) is 9.52. The first-order valence-corrected chi connectivity index (χ1v) is 11.0. The molecule has 2 aliphatic rings. The van der Waals surface area contributed by atoms with Crippen molar-refractivity contribution in [2.75, 3.05) is 26.2 Å². The summed E-state index contributed by atoms with van der Waals surface area (Å²) in [7, 11) is -3.66. The molecule has 10 heteroatoms.